The van der Waals surface area contributed by atoms with E-state index in [1.165, 1.54) is 16.5 Å². The summed E-state index contributed by atoms with van der Waals surface area (Å²) >= 11 is 0. The second kappa shape index (κ2) is 5.87. The Morgan fingerprint density at radius 1 is 1.43 bits per heavy atom. The summed E-state index contributed by atoms with van der Waals surface area (Å²) in [6, 6.07) is 8.52. The number of amides is 1. The molecule has 3 N–H and O–H groups in total. The molecule has 2 heterocycles. The van der Waals surface area contributed by atoms with Crippen molar-refractivity contribution in [1.82, 2.24) is 9.99 Å². The van der Waals surface area contributed by atoms with Gasteiger partial charge in [0.25, 0.3) is 5.91 Å². The second-order valence-corrected chi connectivity index (χ2v) is 5.51. The highest BCUT2D eigenvalue weighted by Crippen LogP contribution is 2.25. The minimum Gasteiger partial charge on any atom is -0.363 e. The molecule has 0 aliphatic carbocycles. The van der Waals surface area contributed by atoms with E-state index < -0.39 is 6.10 Å². The zero-order valence-electron chi connectivity index (χ0n) is 12.2. The second-order valence-electron chi connectivity index (χ2n) is 5.51. The largest absolute Gasteiger partial charge is 0.363 e. The summed E-state index contributed by atoms with van der Waals surface area (Å²) in [7, 11) is 0. The van der Waals surface area contributed by atoms with E-state index in [-0.39, 0.29) is 12.0 Å². The van der Waals surface area contributed by atoms with Crippen LogP contribution in [0.1, 0.15) is 25.3 Å². The van der Waals surface area contributed by atoms with E-state index in [9.17, 15) is 4.79 Å². The number of hydrogen-bond acceptors (Lipinski definition) is 3. The number of hydrogen-bond donors (Lipinski definition) is 2. The SMILES string of the molecule is CCc1cccc2ccn(CC3CCC(C(=O)NN)O3)c12. The van der Waals surface area contributed by atoms with Crippen LogP contribution in [0.2, 0.25) is 0 Å². The molecule has 1 aromatic heterocycles. The lowest BCUT2D eigenvalue weighted by Gasteiger charge is -2.15. The van der Waals surface area contributed by atoms with Crippen molar-refractivity contribution in [2.24, 2.45) is 5.84 Å². The first-order valence-electron chi connectivity index (χ1n) is 7.45. The molecule has 2 atom stereocenters. The maximum atomic E-state index is 11.5. The summed E-state index contributed by atoms with van der Waals surface area (Å²) in [6.45, 7) is 2.94. The summed E-state index contributed by atoms with van der Waals surface area (Å²) in [4.78, 5) is 11.5. The molecule has 1 amide bonds. The molecule has 1 aliphatic rings. The van der Waals surface area contributed by atoms with E-state index in [1.807, 2.05) is 0 Å². The third-order valence-corrected chi connectivity index (χ3v) is 4.20. The molecule has 1 fully saturated rings. The van der Waals surface area contributed by atoms with E-state index in [0.29, 0.717) is 0 Å². The number of carbonyl (C=O) groups excluding carboxylic acids is 1. The topological polar surface area (TPSA) is 69.3 Å². The fraction of sp³-hybridized carbons (Fsp3) is 0.438. The molecule has 21 heavy (non-hydrogen) atoms. The molecular formula is C16H21N3O2. The van der Waals surface area contributed by atoms with Crippen LogP contribution in [0.25, 0.3) is 10.9 Å². The molecule has 1 aliphatic heterocycles. The van der Waals surface area contributed by atoms with Crippen LogP contribution in [0.4, 0.5) is 0 Å². The van der Waals surface area contributed by atoms with Gasteiger partial charge in [-0.05, 0) is 36.3 Å². The van der Waals surface area contributed by atoms with Crippen LogP contribution in [-0.2, 0) is 22.5 Å². The van der Waals surface area contributed by atoms with Gasteiger partial charge < -0.3 is 9.30 Å². The van der Waals surface area contributed by atoms with E-state index in [1.54, 1.807) is 0 Å². The molecule has 0 saturated carbocycles. The Kier molecular flexibility index (Phi) is 3.94. The number of aromatic nitrogens is 1. The van der Waals surface area contributed by atoms with Gasteiger partial charge in [-0.3, -0.25) is 10.2 Å². The van der Waals surface area contributed by atoms with Crippen LogP contribution in [0.5, 0.6) is 0 Å². The lowest BCUT2D eigenvalue weighted by atomic mass is 10.1. The van der Waals surface area contributed by atoms with Gasteiger partial charge in [0.05, 0.1) is 11.6 Å². The minimum atomic E-state index is -0.410. The zero-order chi connectivity index (χ0) is 14.8. The van der Waals surface area contributed by atoms with Crippen LogP contribution in [0, 0.1) is 0 Å². The highest BCUT2D eigenvalue weighted by Gasteiger charge is 2.30. The standard InChI is InChI=1S/C16H21N3O2/c1-2-11-4-3-5-12-8-9-19(15(11)12)10-13-6-7-14(21-13)16(20)18-17/h3-5,8-9,13-14H,2,6-7,10,17H2,1H3,(H,18,20). The third-order valence-electron chi connectivity index (χ3n) is 4.20. The van der Waals surface area contributed by atoms with E-state index in [4.69, 9.17) is 10.6 Å². The van der Waals surface area contributed by atoms with Gasteiger partial charge in [0.1, 0.15) is 6.10 Å². The first-order chi connectivity index (χ1) is 10.2. The van der Waals surface area contributed by atoms with Crippen molar-refractivity contribution < 1.29 is 9.53 Å². The fourth-order valence-corrected chi connectivity index (χ4v) is 3.12. The van der Waals surface area contributed by atoms with Crippen LogP contribution in [0.3, 0.4) is 0 Å². The van der Waals surface area contributed by atoms with Crippen molar-refractivity contribution in [3.63, 3.8) is 0 Å². The van der Waals surface area contributed by atoms with Crippen molar-refractivity contribution in [1.29, 1.82) is 0 Å². The zero-order valence-corrected chi connectivity index (χ0v) is 12.2. The summed E-state index contributed by atoms with van der Waals surface area (Å²) < 4.78 is 8.03. The number of aryl methyl sites for hydroxylation is 1. The van der Waals surface area contributed by atoms with Gasteiger partial charge in [-0.2, -0.15) is 0 Å². The highest BCUT2D eigenvalue weighted by atomic mass is 16.5. The average molecular weight is 287 g/mol. The van der Waals surface area contributed by atoms with Crippen LogP contribution in [0.15, 0.2) is 30.5 Å². The predicted octanol–water partition coefficient (Wildman–Crippen LogP) is 1.74. The fourth-order valence-electron chi connectivity index (χ4n) is 3.12. The van der Waals surface area contributed by atoms with Gasteiger partial charge in [0.15, 0.2) is 0 Å². The lowest BCUT2D eigenvalue weighted by Crippen LogP contribution is -2.39. The maximum Gasteiger partial charge on any atom is 0.263 e. The number of nitrogens with zero attached hydrogens (tertiary/aromatic N) is 1. The Morgan fingerprint density at radius 3 is 3.05 bits per heavy atom. The van der Waals surface area contributed by atoms with Crippen LogP contribution in [-0.4, -0.2) is 22.7 Å². The van der Waals surface area contributed by atoms with Crippen molar-refractivity contribution >= 4 is 16.8 Å². The number of nitrogens with one attached hydrogen (secondary N) is 1. The molecule has 0 radical (unpaired) electrons. The number of para-hydroxylation sites is 1. The summed E-state index contributed by atoms with van der Waals surface area (Å²) in [6.07, 6.45) is 4.37. The highest BCUT2D eigenvalue weighted by molar-refractivity contribution is 5.83. The molecule has 1 aromatic carbocycles. The number of nitrogens with two attached hydrogens (primary N) is 1. The third kappa shape index (κ3) is 2.66. The number of carbonyl (C=O) groups is 1. The predicted molar refractivity (Wildman–Crippen MR) is 81.5 cm³/mol. The molecule has 3 rings (SSSR count). The molecule has 5 nitrogen and oxygen atoms in total. The van der Waals surface area contributed by atoms with E-state index in [2.05, 4.69) is 47.4 Å². The van der Waals surface area contributed by atoms with Gasteiger partial charge >= 0.3 is 0 Å². The van der Waals surface area contributed by atoms with Crippen molar-refractivity contribution in [3.8, 4) is 0 Å². The molecular weight excluding hydrogens is 266 g/mol. The lowest BCUT2D eigenvalue weighted by molar-refractivity contribution is -0.132. The smallest absolute Gasteiger partial charge is 0.263 e. The molecule has 0 spiro atoms. The van der Waals surface area contributed by atoms with Gasteiger partial charge in [-0.15, -0.1) is 0 Å². The molecule has 5 heteroatoms. The van der Waals surface area contributed by atoms with Crippen molar-refractivity contribution in [3.05, 3.63) is 36.0 Å². The van der Waals surface area contributed by atoms with Gasteiger partial charge in [0.2, 0.25) is 0 Å². The van der Waals surface area contributed by atoms with E-state index in [0.717, 1.165) is 25.8 Å². The van der Waals surface area contributed by atoms with Gasteiger partial charge in [-0.1, -0.05) is 25.1 Å². The molecule has 0 bridgehead atoms. The Bertz CT molecular complexity index is 650. The first-order valence-corrected chi connectivity index (χ1v) is 7.45. The number of fused-ring (bicyclic) bond motifs is 1. The molecule has 112 valence electrons. The number of benzene rings is 1. The minimum absolute atomic E-state index is 0.0628. The molecule has 1 saturated heterocycles. The Balaban J connectivity index is 1.79. The average Bonchev–Trinajstić information content (AvgIpc) is 3.14. The Hall–Kier alpha value is -1.85. The monoisotopic (exact) mass is 287 g/mol. The number of ether oxygens (including phenoxy) is 1. The summed E-state index contributed by atoms with van der Waals surface area (Å²) in [5.74, 6) is 4.93. The van der Waals surface area contributed by atoms with E-state index >= 15 is 0 Å². The normalized spacial score (nSPS) is 21.8. The quantitative estimate of drug-likeness (QED) is 0.511. The molecule has 2 unspecified atom stereocenters. The summed E-state index contributed by atoms with van der Waals surface area (Å²) in [5.41, 5.74) is 4.78. The summed E-state index contributed by atoms with van der Waals surface area (Å²) in [5, 5.41) is 1.25. The number of rotatable bonds is 4. The van der Waals surface area contributed by atoms with Crippen molar-refractivity contribution in [2.75, 3.05) is 0 Å². The van der Waals surface area contributed by atoms with Gasteiger partial charge in [0, 0.05) is 12.7 Å². The first kappa shape index (κ1) is 14.1. The van der Waals surface area contributed by atoms with Crippen molar-refractivity contribution in [2.45, 2.75) is 44.9 Å². The van der Waals surface area contributed by atoms with Crippen LogP contribution >= 0.6 is 0 Å². The Morgan fingerprint density at radius 2 is 2.29 bits per heavy atom. The molecule has 2 aromatic rings. The Labute approximate surface area is 124 Å². The number of hydrazine groups is 1. The maximum absolute atomic E-state index is 11.5. The van der Waals surface area contributed by atoms with Gasteiger partial charge in [-0.25, -0.2) is 5.84 Å². The van der Waals surface area contributed by atoms with Crippen LogP contribution < -0.4 is 11.3 Å².